The molecule has 1 unspecified atom stereocenters. The minimum Gasteiger partial charge on any atom is -0.378 e. The average Bonchev–Trinajstić information content (AvgIpc) is 3.03. The number of aryl methyl sites for hydroxylation is 3. The minimum absolute atomic E-state index is 0.106. The Labute approximate surface area is 204 Å². The fourth-order valence-corrected chi connectivity index (χ4v) is 4.95. The van der Waals surface area contributed by atoms with Crippen molar-refractivity contribution in [1.29, 1.82) is 0 Å². The summed E-state index contributed by atoms with van der Waals surface area (Å²) in [5, 5.41) is 13.5. The van der Waals surface area contributed by atoms with E-state index in [1.807, 2.05) is 45.3 Å². The molecular weight excluding hydrogens is 452 g/mol. The molecule has 2 aromatic rings. The quantitative estimate of drug-likeness (QED) is 0.240. The minimum atomic E-state index is -3.99. The Balaban J connectivity index is 2.56. The third kappa shape index (κ3) is 7.45. The lowest BCUT2D eigenvalue weighted by Gasteiger charge is -2.21. The molecule has 1 amide bonds. The second-order valence-electron chi connectivity index (χ2n) is 10.2. The molecule has 0 aliphatic carbocycles. The summed E-state index contributed by atoms with van der Waals surface area (Å²) in [5.74, 6) is 0.294. The van der Waals surface area contributed by atoms with E-state index >= 15 is 0 Å². The Hall–Kier alpha value is -2.10. The molecule has 9 heteroatoms. The first-order valence-electron chi connectivity index (χ1n) is 12.2. The van der Waals surface area contributed by atoms with E-state index in [1.54, 1.807) is 6.07 Å². The third-order valence-electron chi connectivity index (χ3n) is 5.81. The van der Waals surface area contributed by atoms with Crippen molar-refractivity contribution in [3.8, 4) is 0 Å². The lowest BCUT2D eigenvalue weighted by atomic mass is 9.95. The SMILES string of the molecule is CCCCCCCCn1c(NS(=O)(=O)NC(C)O)cc2c(C)cc(C)c(NC(=O)C(C)(C)C)c21. The highest BCUT2D eigenvalue weighted by Crippen LogP contribution is 2.36. The van der Waals surface area contributed by atoms with Gasteiger partial charge in [0, 0.05) is 17.3 Å². The highest BCUT2D eigenvalue weighted by atomic mass is 32.2. The van der Waals surface area contributed by atoms with Gasteiger partial charge in [-0.3, -0.25) is 9.52 Å². The number of nitrogens with one attached hydrogen (secondary N) is 3. The van der Waals surface area contributed by atoms with E-state index in [-0.39, 0.29) is 5.91 Å². The maximum Gasteiger partial charge on any atom is 0.302 e. The Morgan fingerprint density at radius 3 is 2.26 bits per heavy atom. The van der Waals surface area contributed by atoms with Crippen LogP contribution in [0.3, 0.4) is 0 Å². The number of aromatic nitrogens is 1. The van der Waals surface area contributed by atoms with Gasteiger partial charge in [0.1, 0.15) is 12.0 Å². The Morgan fingerprint density at radius 2 is 1.68 bits per heavy atom. The van der Waals surface area contributed by atoms with Crippen LogP contribution in [-0.4, -0.2) is 30.2 Å². The molecule has 8 nitrogen and oxygen atoms in total. The van der Waals surface area contributed by atoms with E-state index in [9.17, 15) is 18.3 Å². The number of aliphatic hydroxyl groups is 1. The molecule has 0 aliphatic rings. The summed E-state index contributed by atoms with van der Waals surface area (Å²) in [5.41, 5.74) is 2.83. The number of fused-ring (bicyclic) bond motifs is 1. The number of anilines is 2. The smallest absolute Gasteiger partial charge is 0.302 e. The predicted molar refractivity (Wildman–Crippen MR) is 140 cm³/mol. The molecule has 4 N–H and O–H groups in total. The fraction of sp³-hybridized carbons (Fsp3) is 0.640. The van der Waals surface area contributed by atoms with Crippen molar-refractivity contribution in [2.45, 2.75) is 99.8 Å². The summed E-state index contributed by atoms with van der Waals surface area (Å²) >= 11 is 0. The van der Waals surface area contributed by atoms with Crippen molar-refractivity contribution in [2.75, 3.05) is 10.0 Å². The molecule has 0 bridgehead atoms. The fourth-order valence-electron chi connectivity index (χ4n) is 4.00. The van der Waals surface area contributed by atoms with Crippen LogP contribution < -0.4 is 14.8 Å². The largest absolute Gasteiger partial charge is 0.378 e. The summed E-state index contributed by atoms with van der Waals surface area (Å²) in [6, 6.07) is 3.80. The number of nitrogens with zero attached hydrogens (tertiary/aromatic N) is 1. The van der Waals surface area contributed by atoms with Crippen molar-refractivity contribution >= 4 is 38.5 Å². The van der Waals surface area contributed by atoms with Gasteiger partial charge in [-0.05, 0) is 44.4 Å². The summed E-state index contributed by atoms with van der Waals surface area (Å²) in [6.45, 7) is 13.6. The summed E-state index contributed by atoms with van der Waals surface area (Å²) in [7, 11) is -3.99. The topological polar surface area (TPSA) is 112 Å². The molecule has 2 rings (SSSR count). The normalized spacial score (nSPS) is 13.3. The number of hydrogen-bond donors (Lipinski definition) is 4. The van der Waals surface area contributed by atoms with Crippen LogP contribution in [0.25, 0.3) is 10.9 Å². The van der Waals surface area contributed by atoms with Crippen molar-refractivity contribution in [1.82, 2.24) is 9.29 Å². The van der Waals surface area contributed by atoms with Crippen molar-refractivity contribution in [3.63, 3.8) is 0 Å². The molecule has 1 aromatic carbocycles. The molecule has 34 heavy (non-hydrogen) atoms. The van der Waals surface area contributed by atoms with E-state index in [4.69, 9.17) is 0 Å². The second kappa shape index (κ2) is 11.6. The molecule has 0 spiro atoms. The molecule has 1 aromatic heterocycles. The molecule has 1 atom stereocenters. The molecule has 0 fully saturated rings. The Bertz CT molecular complexity index is 1100. The first-order valence-corrected chi connectivity index (χ1v) is 13.7. The monoisotopic (exact) mass is 494 g/mol. The van der Waals surface area contributed by atoms with Gasteiger partial charge in [-0.25, -0.2) is 0 Å². The summed E-state index contributed by atoms with van der Waals surface area (Å²) in [6.07, 6.45) is 5.40. The first-order chi connectivity index (χ1) is 15.8. The van der Waals surface area contributed by atoms with Gasteiger partial charge in [-0.15, -0.1) is 0 Å². The number of unbranched alkanes of at least 4 members (excludes halogenated alkanes) is 5. The van der Waals surface area contributed by atoms with E-state index in [2.05, 4.69) is 21.7 Å². The van der Waals surface area contributed by atoms with Gasteiger partial charge in [0.25, 0.3) is 0 Å². The van der Waals surface area contributed by atoms with Gasteiger partial charge < -0.3 is 15.0 Å². The Morgan fingerprint density at radius 1 is 1.06 bits per heavy atom. The predicted octanol–water partition coefficient (Wildman–Crippen LogP) is 5.19. The number of carbonyl (C=O) groups excluding carboxylic acids is 1. The van der Waals surface area contributed by atoms with Gasteiger partial charge in [0.2, 0.25) is 5.91 Å². The van der Waals surface area contributed by atoms with E-state index in [1.165, 1.54) is 26.2 Å². The number of aliphatic hydroxyl groups excluding tert-OH is 1. The zero-order chi connectivity index (χ0) is 25.7. The third-order valence-corrected chi connectivity index (χ3v) is 6.93. The maximum absolute atomic E-state index is 12.9. The highest BCUT2D eigenvalue weighted by molar-refractivity contribution is 7.90. The molecule has 192 valence electrons. The van der Waals surface area contributed by atoms with Crippen LogP contribution in [0.15, 0.2) is 12.1 Å². The van der Waals surface area contributed by atoms with Crippen LogP contribution in [0.4, 0.5) is 11.5 Å². The van der Waals surface area contributed by atoms with Crippen LogP contribution in [0.1, 0.15) is 84.3 Å². The molecule has 0 radical (unpaired) electrons. The Kier molecular flexibility index (Phi) is 9.56. The van der Waals surface area contributed by atoms with Gasteiger partial charge in [0.15, 0.2) is 0 Å². The lowest BCUT2D eigenvalue weighted by Crippen LogP contribution is -2.37. The summed E-state index contributed by atoms with van der Waals surface area (Å²) < 4.78 is 31.8. The van der Waals surface area contributed by atoms with Crippen LogP contribution in [0.2, 0.25) is 0 Å². The average molecular weight is 495 g/mol. The second-order valence-corrected chi connectivity index (χ2v) is 11.6. The van der Waals surface area contributed by atoms with Gasteiger partial charge in [-0.2, -0.15) is 13.1 Å². The molecule has 0 saturated heterocycles. The van der Waals surface area contributed by atoms with Gasteiger partial charge in [-0.1, -0.05) is 65.9 Å². The van der Waals surface area contributed by atoms with E-state index in [0.29, 0.717) is 18.1 Å². The lowest BCUT2D eigenvalue weighted by molar-refractivity contribution is -0.123. The van der Waals surface area contributed by atoms with Crippen molar-refractivity contribution in [2.24, 2.45) is 5.41 Å². The maximum atomic E-state index is 12.9. The molecule has 0 aliphatic heterocycles. The number of amides is 1. The first kappa shape index (κ1) is 28.1. The summed E-state index contributed by atoms with van der Waals surface area (Å²) in [4.78, 5) is 12.9. The van der Waals surface area contributed by atoms with Crippen LogP contribution in [0, 0.1) is 19.3 Å². The zero-order valence-electron chi connectivity index (χ0n) is 21.7. The van der Waals surface area contributed by atoms with Crippen LogP contribution >= 0.6 is 0 Å². The highest BCUT2D eigenvalue weighted by Gasteiger charge is 2.25. The van der Waals surface area contributed by atoms with E-state index in [0.717, 1.165) is 41.3 Å². The van der Waals surface area contributed by atoms with Crippen molar-refractivity contribution in [3.05, 3.63) is 23.3 Å². The molecule has 1 heterocycles. The number of carbonyl (C=O) groups is 1. The zero-order valence-corrected chi connectivity index (χ0v) is 22.5. The number of benzene rings is 1. The standard InChI is InChI=1S/C25H42N4O4S/c1-8-9-10-11-12-13-14-29-21(28-34(32,33)27-19(4)30)16-20-17(2)15-18(3)22(23(20)29)26-24(31)25(5,6)7/h15-16,19,27-28,30H,8-14H2,1-7H3,(H,26,31). The molecule has 0 saturated carbocycles. The van der Waals surface area contributed by atoms with Crippen molar-refractivity contribution < 1.29 is 18.3 Å². The number of rotatable bonds is 12. The van der Waals surface area contributed by atoms with Crippen LogP contribution in [0.5, 0.6) is 0 Å². The number of hydrogen-bond acceptors (Lipinski definition) is 4. The van der Waals surface area contributed by atoms with Gasteiger partial charge >= 0.3 is 10.2 Å². The molecular formula is C25H42N4O4S. The van der Waals surface area contributed by atoms with Gasteiger partial charge in [0.05, 0.1) is 11.2 Å². The van der Waals surface area contributed by atoms with E-state index < -0.39 is 21.9 Å². The van der Waals surface area contributed by atoms with Crippen LogP contribution in [-0.2, 0) is 21.5 Å².